The van der Waals surface area contributed by atoms with Gasteiger partial charge in [-0.25, -0.2) is 9.78 Å². The Morgan fingerprint density at radius 2 is 2.00 bits per heavy atom. The lowest BCUT2D eigenvalue weighted by molar-refractivity contribution is 0.240. The molecule has 6 nitrogen and oxygen atoms in total. The maximum absolute atomic E-state index is 11.7. The number of nitrogens with zero attached hydrogens (tertiary/aromatic N) is 2. The van der Waals surface area contributed by atoms with Gasteiger partial charge in [0.1, 0.15) is 0 Å². The van der Waals surface area contributed by atoms with Crippen LogP contribution >= 0.6 is 11.6 Å². The van der Waals surface area contributed by atoms with Crippen LogP contribution in [0.5, 0.6) is 0 Å². The molecule has 7 heteroatoms. The number of amides is 2. The molecule has 2 amide bonds. The molecule has 0 fully saturated rings. The van der Waals surface area contributed by atoms with E-state index in [0.717, 1.165) is 5.56 Å². The lowest BCUT2D eigenvalue weighted by Gasteiger charge is -2.09. The van der Waals surface area contributed by atoms with E-state index in [0.29, 0.717) is 30.4 Å². The molecule has 2 aromatic rings. The van der Waals surface area contributed by atoms with Gasteiger partial charge in [-0.2, -0.15) is 0 Å². The van der Waals surface area contributed by atoms with Gasteiger partial charge in [-0.15, -0.1) is 0 Å². The molecule has 1 aromatic carbocycles. The average molecular weight is 321 g/mol. The van der Waals surface area contributed by atoms with Gasteiger partial charge in [0.2, 0.25) is 0 Å². The van der Waals surface area contributed by atoms with Crippen LogP contribution < -0.4 is 16.2 Å². The normalized spacial score (nSPS) is 10.3. The Morgan fingerprint density at radius 1 is 1.27 bits per heavy atom. The highest BCUT2D eigenvalue weighted by Crippen LogP contribution is 2.08. The summed E-state index contributed by atoms with van der Waals surface area (Å²) in [4.78, 5) is 27.3. The van der Waals surface area contributed by atoms with Crippen molar-refractivity contribution in [1.82, 2.24) is 20.2 Å². The highest BCUT2D eigenvalue weighted by atomic mass is 35.5. The summed E-state index contributed by atoms with van der Waals surface area (Å²) in [6.45, 7) is 2.89. The van der Waals surface area contributed by atoms with E-state index >= 15 is 0 Å². The van der Waals surface area contributed by atoms with E-state index < -0.39 is 0 Å². The van der Waals surface area contributed by atoms with Crippen molar-refractivity contribution >= 4 is 17.6 Å². The maximum Gasteiger partial charge on any atom is 0.315 e. The number of benzene rings is 1. The Bertz CT molecular complexity index is 697. The zero-order valence-electron chi connectivity index (χ0n) is 12.2. The number of urea groups is 1. The summed E-state index contributed by atoms with van der Waals surface area (Å²) < 4.78 is 1.45. The van der Waals surface area contributed by atoms with Crippen LogP contribution in [0.2, 0.25) is 5.02 Å². The van der Waals surface area contributed by atoms with Crippen LogP contribution in [0, 0.1) is 6.92 Å². The number of hydrogen-bond acceptors (Lipinski definition) is 3. The minimum atomic E-state index is -0.289. The minimum absolute atomic E-state index is 0.129. The molecule has 0 spiro atoms. The lowest BCUT2D eigenvalue weighted by atomic mass is 10.2. The van der Waals surface area contributed by atoms with E-state index in [1.54, 1.807) is 19.1 Å². The van der Waals surface area contributed by atoms with E-state index in [-0.39, 0.29) is 11.6 Å². The third-order valence-electron chi connectivity index (χ3n) is 3.02. The predicted molar refractivity (Wildman–Crippen MR) is 84.9 cm³/mol. The topological polar surface area (TPSA) is 76.0 Å². The monoisotopic (exact) mass is 320 g/mol. The summed E-state index contributed by atoms with van der Waals surface area (Å²) in [7, 11) is 0. The SMILES string of the molecule is Cc1cc(=O)n(CCNC(=O)NCc2ccc(Cl)cc2)cn1. The molecule has 0 saturated carbocycles. The zero-order valence-corrected chi connectivity index (χ0v) is 12.9. The van der Waals surface area contributed by atoms with Crippen molar-refractivity contribution < 1.29 is 4.79 Å². The van der Waals surface area contributed by atoms with Gasteiger partial charge in [0.15, 0.2) is 0 Å². The van der Waals surface area contributed by atoms with Crippen molar-refractivity contribution in [2.75, 3.05) is 6.54 Å². The van der Waals surface area contributed by atoms with Gasteiger partial charge in [0.25, 0.3) is 5.56 Å². The fourth-order valence-electron chi connectivity index (χ4n) is 1.82. The largest absolute Gasteiger partial charge is 0.336 e. The number of nitrogens with one attached hydrogen (secondary N) is 2. The highest BCUT2D eigenvalue weighted by molar-refractivity contribution is 6.30. The number of hydrogen-bond donors (Lipinski definition) is 2. The van der Waals surface area contributed by atoms with Crippen LogP contribution in [0.3, 0.4) is 0 Å². The molecule has 0 unspecified atom stereocenters. The molecule has 0 radical (unpaired) electrons. The first-order chi connectivity index (χ1) is 10.5. The number of halogens is 1. The fraction of sp³-hybridized carbons (Fsp3) is 0.267. The Labute approximate surface area is 133 Å². The summed E-state index contributed by atoms with van der Waals surface area (Å²) in [5.41, 5.74) is 1.50. The van der Waals surface area contributed by atoms with Crippen LogP contribution in [0.15, 0.2) is 41.5 Å². The van der Waals surface area contributed by atoms with Gasteiger partial charge in [0, 0.05) is 36.4 Å². The smallest absolute Gasteiger partial charge is 0.315 e. The molecule has 116 valence electrons. The van der Waals surface area contributed by atoms with Gasteiger partial charge in [-0.05, 0) is 24.6 Å². The van der Waals surface area contributed by atoms with Crippen molar-refractivity contribution in [2.24, 2.45) is 0 Å². The molecule has 0 aliphatic rings. The molecule has 22 heavy (non-hydrogen) atoms. The average Bonchev–Trinajstić information content (AvgIpc) is 2.49. The Morgan fingerprint density at radius 3 is 2.68 bits per heavy atom. The first-order valence-electron chi connectivity index (χ1n) is 6.84. The van der Waals surface area contributed by atoms with Gasteiger partial charge in [-0.3, -0.25) is 9.36 Å². The summed E-state index contributed by atoms with van der Waals surface area (Å²) in [6, 6.07) is 8.41. The Kier molecular flexibility index (Phi) is 5.55. The van der Waals surface area contributed by atoms with Gasteiger partial charge in [0.05, 0.1) is 6.33 Å². The fourth-order valence-corrected chi connectivity index (χ4v) is 1.95. The first kappa shape index (κ1) is 16.0. The molecule has 1 heterocycles. The van der Waals surface area contributed by atoms with Crippen molar-refractivity contribution in [2.45, 2.75) is 20.0 Å². The number of aromatic nitrogens is 2. The molecule has 2 N–H and O–H groups in total. The molecule has 0 atom stereocenters. The third kappa shape index (κ3) is 4.89. The second kappa shape index (κ2) is 7.61. The molecule has 0 aliphatic heterocycles. The van der Waals surface area contributed by atoms with Gasteiger partial charge in [-0.1, -0.05) is 23.7 Å². The van der Waals surface area contributed by atoms with E-state index in [2.05, 4.69) is 15.6 Å². The molecular formula is C15H17ClN4O2. The first-order valence-corrected chi connectivity index (χ1v) is 7.21. The second-order valence-corrected chi connectivity index (χ2v) is 5.23. The second-order valence-electron chi connectivity index (χ2n) is 4.80. The number of carbonyl (C=O) groups is 1. The van der Waals surface area contributed by atoms with E-state index in [4.69, 9.17) is 11.6 Å². The van der Waals surface area contributed by atoms with Crippen molar-refractivity contribution in [1.29, 1.82) is 0 Å². The minimum Gasteiger partial charge on any atom is -0.336 e. The van der Waals surface area contributed by atoms with Gasteiger partial charge >= 0.3 is 6.03 Å². The van der Waals surface area contributed by atoms with Gasteiger partial charge < -0.3 is 10.6 Å². The van der Waals surface area contributed by atoms with Crippen LogP contribution in [-0.2, 0) is 13.1 Å². The number of aryl methyl sites for hydroxylation is 1. The van der Waals surface area contributed by atoms with Crippen LogP contribution in [0.1, 0.15) is 11.3 Å². The predicted octanol–water partition coefficient (Wildman–Crippen LogP) is 1.70. The zero-order chi connectivity index (χ0) is 15.9. The Hall–Kier alpha value is -2.34. The highest BCUT2D eigenvalue weighted by Gasteiger charge is 2.01. The maximum atomic E-state index is 11.7. The molecule has 0 bridgehead atoms. The van der Waals surface area contributed by atoms with E-state index in [1.807, 2.05) is 12.1 Å². The van der Waals surface area contributed by atoms with Crippen molar-refractivity contribution in [3.63, 3.8) is 0 Å². The third-order valence-corrected chi connectivity index (χ3v) is 3.27. The lowest BCUT2D eigenvalue weighted by Crippen LogP contribution is -2.37. The summed E-state index contributed by atoms with van der Waals surface area (Å²) in [5.74, 6) is 0. The molecule has 0 aliphatic carbocycles. The molecule has 0 saturated heterocycles. The molecule has 2 rings (SSSR count). The summed E-state index contributed by atoms with van der Waals surface area (Å²) >= 11 is 5.79. The van der Waals surface area contributed by atoms with Crippen LogP contribution in [0.4, 0.5) is 4.79 Å². The Balaban J connectivity index is 1.73. The number of carbonyl (C=O) groups excluding carboxylic acids is 1. The standard InChI is InChI=1S/C15H17ClN4O2/c1-11-8-14(21)20(10-19-11)7-6-17-15(22)18-9-12-2-4-13(16)5-3-12/h2-5,8,10H,6-7,9H2,1H3,(H2,17,18,22). The summed E-state index contributed by atoms with van der Waals surface area (Å²) in [6.07, 6.45) is 1.48. The molecular weight excluding hydrogens is 304 g/mol. The van der Waals surface area contributed by atoms with Crippen molar-refractivity contribution in [3.8, 4) is 0 Å². The van der Waals surface area contributed by atoms with E-state index in [9.17, 15) is 9.59 Å². The summed E-state index contributed by atoms with van der Waals surface area (Å²) in [5, 5.41) is 6.08. The van der Waals surface area contributed by atoms with Crippen LogP contribution in [-0.4, -0.2) is 22.1 Å². The van der Waals surface area contributed by atoms with Crippen molar-refractivity contribution in [3.05, 3.63) is 63.3 Å². The number of rotatable bonds is 5. The van der Waals surface area contributed by atoms with E-state index in [1.165, 1.54) is 17.0 Å². The quantitative estimate of drug-likeness (QED) is 0.880. The van der Waals surface area contributed by atoms with Crippen LogP contribution in [0.25, 0.3) is 0 Å². The molecule has 1 aromatic heterocycles.